The summed E-state index contributed by atoms with van der Waals surface area (Å²) in [5, 5.41) is 0. The summed E-state index contributed by atoms with van der Waals surface area (Å²) in [6.07, 6.45) is 4.51. The summed E-state index contributed by atoms with van der Waals surface area (Å²) in [6.45, 7) is 2.12. The van der Waals surface area contributed by atoms with Gasteiger partial charge in [0.2, 0.25) is 5.91 Å². The minimum atomic E-state index is -0.0892. The molecule has 0 saturated heterocycles. The molecule has 1 aliphatic rings. The van der Waals surface area contributed by atoms with Gasteiger partial charge in [0.1, 0.15) is 5.78 Å². The first-order valence-corrected chi connectivity index (χ1v) is 6.90. The highest BCUT2D eigenvalue weighted by Crippen LogP contribution is 2.23. The van der Waals surface area contributed by atoms with Crippen molar-refractivity contribution in [2.75, 3.05) is 13.6 Å². The van der Waals surface area contributed by atoms with Gasteiger partial charge in [0.25, 0.3) is 0 Å². The van der Waals surface area contributed by atoms with Crippen molar-refractivity contribution in [1.29, 1.82) is 0 Å². The Balaban J connectivity index is 1.88. The molecule has 0 fully saturated rings. The number of benzene rings is 1. The van der Waals surface area contributed by atoms with Gasteiger partial charge in [-0.15, -0.1) is 0 Å². The van der Waals surface area contributed by atoms with Crippen LogP contribution >= 0.6 is 0 Å². The highest BCUT2D eigenvalue weighted by atomic mass is 16.2. The van der Waals surface area contributed by atoms with Crippen molar-refractivity contribution < 1.29 is 9.59 Å². The Hall–Kier alpha value is -1.64. The lowest BCUT2D eigenvalue weighted by Crippen LogP contribution is -2.30. The summed E-state index contributed by atoms with van der Waals surface area (Å²) >= 11 is 0. The van der Waals surface area contributed by atoms with Crippen molar-refractivity contribution in [3.05, 3.63) is 34.9 Å². The van der Waals surface area contributed by atoms with Crippen LogP contribution < -0.4 is 0 Å². The molecule has 2 rings (SSSR count). The van der Waals surface area contributed by atoms with Gasteiger partial charge in [0.15, 0.2) is 0 Å². The minimum Gasteiger partial charge on any atom is -0.345 e. The van der Waals surface area contributed by atoms with Gasteiger partial charge < -0.3 is 4.90 Å². The van der Waals surface area contributed by atoms with E-state index in [0.29, 0.717) is 6.54 Å². The number of nitrogens with zero attached hydrogens (tertiary/aromatic N) is 1. The Labute approximate surface area is 114 Å². The van der Waals surface area contributed by atoms with Gasteiger partial charge in [-0.25, -0.2) is 0 Å². The molecule has 1 aromatic carbocycles. The maximum atomic E-state index is 11.7. The van der Waals surface area contributed by atoms with Gasteiger partial charge in [0.05, 0.1) is 6.42 Å². The number of Topliss-reactive ketones (excluding diaryl/α,β-unsaturated/α-hetero) is 1. The second kappa shape index (κ2) is 6.00. The van der Waals surface area contributed by atoms with Crippen LogP contribution in [0.4, 0.5) is 0 Å². The molecule has 3 heteroatoms. The van der Waals surface area contributed by atoms with E-state index in [1.165, 1.54) is 42.9 Å². The summed E-state index contributed by atoms with van der Waals surface area (Å²) < 4.78 is 0. The fourth-order valence-electron chi connectivity index (χ4n) is 2.55. The van der Waals surface area contributed by atoms with E-state index in [4.69, 9.17) is 0 Å². The number of rotatable bonds is 5. The zero-order chi connectivity index (χ0) is 13.8. The van der Waals surface area contributed by atoms with Crippen molar-refractivity contribution >= 4 is 11.7 Å². The molecule has 3 nitrogen and oxygen atoms in total. The molecule has 102 valence electrons. The molecular formula is C16H21NO2. The Morgan fingerprint density at radius 3 is 2.68 bits per heavy atom. The summed E-state index contributed by atoms with van der Waals surface area (Å²) in [7, 11) is 1.76. The molecule has 1 amide bonds. The van der Waals surface area contributed by atoms with Crippen LogP contribution in [-0.4, -0.2) is 30.2 Å². The molecule has 0 atom stereocenters. The number of likely N-dealkylation sites (N-methyl/N-ethyl adjacent to an activating group) is 1. The molecule has 0 spiro atoms. The standard InChI is InChI=1S/C16H21NO2/c1-12(18)10-16(19)17(2)9-8-13-6-7-14-4-3-5-15(14)11-13/h6-7,11H,3-5,8-10H2,1-2H3. The lowest BCUT2D eigenvalue weighted by molar-refractivity contribution is -0.133. The molecule has 0 aliphatic heterocycles. The molecule has 0 radical (unpaired) electrons. The van der Waals surface area contributed by atoms with E-state index >= 15 is 0 Å². The fraction of sp³-hybridized carbons (Fsp3) is 0.500. The zero-order valence-corrected chi connectivity index (χ0v) is 11.7. The van der Waals surface area contributed by atoms with Crippen molar-refractivity contribution in [2.45, 2.75) is 39.0 Å². The monoisotopic (exact) mass is 259 g/mol. The molecule has 19 heavy (non-hydrogen) atoms. The number of aryl methyl sites for hydroxylation is 2. The first kappa shape index (κ1) is 13.8. The SMILES string of the molecule is CC(=O)CC(=O)N(C)CCc1ccc2c(c1)CCC2. The topological polar surface area (TPSA) is 37.4 Å². The first-order valence-electron chi connectivity index (χ1n) is 6.90. The quantitative estimate of drug-likeness (QED) is 0.760. The summed E-state index contributed by atoms with van der Waals surface area (Å²) in [5.41, 5.74) is 4.23. The maximum Gasteiger partial charge on any atom is 0.229 e. The van der Waals surface area contributed by atoms with Gasteiger partial charge >= 0.3 is 0 Å². The van der Waals surface area contributed by atoms with Gasteiger partial charge in [-0.05, 0) is 49.3 Å². The van der Waals surface area contributed by atoms with Crippen LogP contribution in [0.25, 0.3) is 0 Å². The van der Waals surface area contributed by atoms with E-state index in [0.717, 1.165) is 6.42 Å². The highest BCUT2D eigenvalue weighted by molar-refractivity contribution is 5.96. The molecule has 0 N–H and O–H groups in total. The Bertz CT molecular complexity index is 494. The van der Waals surface area contributed by atoms with Crippen LogP contribution in [-0.2, 0) is 28.9 Å². The van der Waals surface area contributed by atoms with Crippen LogP contribution in [0.1, 0.15) is 36.5 Å². The highest BCUT2D eigenvalue weighted by Gasteiger charge is 2.13. The largest absolute Gasteiger partial charge is 0.345 e. The van der Waals surface area contributed by atoms with Crippen LogP contribution in [0.15, 0.2) is 18.2 Å². The summed E-state index contributed by atoms with van der Waals surface area (Å²) in [5.74, 6) is -0.164. The Morgan fingerprint density at radius 1 is 1.21 bits per heavy atom. The van der Waals surface area contributed by atoms with Crippen LogP contribution in [0.2, 0.25) is 0 Å². The van der Waals surface area contributed by atoms with E-state index in [1.54, 1.807) is 11.9 Å². The third-order valence-electron chi connectivity index (χ3n) is 3.72. The third kappa shape index (κ3) is 3.66. The van der Waals surface area contributed by atoms with Crippen molar-refractivity contribution in [3.8, 4) is 0 Å². The van der Waals surface area contributed by atoms with Gasteiger partial charge in [-0.1, -0.05) is 18.2 Å². The molecule has 0 aromatic heterocycles. The van der Waals surface area contributed by atoms with Crippen molar-refractivity contribution in [1.82, 2.24) is 4.90 Å². The second-order valence-corrected chi connectivity index (χ2v) is 5.40. The Morgan fingerprint density at radius 2 is 1.95 bits per heavy atom. The molecular weight excluding hydrogens is 238 g/mol. The number of amides is 1. The number of hydrogen-bond acceptors (Lipinski definition) is 2. The molecule has 1 aliphatic carbocycles. The first-order chi connectivity index (χ1) is 9.06. The lowest BCUT2D eigenvalue weighted by Gasteiger charge is -2.16. The van der Waals surface area contributed by atoms with Crippen molar-refractivity contribution in [2.24, 2.45) is 0 Å². The number of hydrogen-bond donors (Lipinski definition) is 0. The average molecular weight is 259 g/mol. The van der Waals surface area contributed by atoms with Crippen LogP contribution in [0, 0.1) is 0 Å². The predicted octanol–water partition coefficient (Wildman–Crippen LogP) is 2.16. The molecule has 1 aromatic rings. The maximum absolute atomic E-state index is 11.7. The summed E-state index contributed by atoms with van der Waals surface area (Å²) in [6, 6.07) is 6.65. The minimum absolute atomic E-state index is 0.0146. The van der Waals surface area contributed by atoms with E-state index < -0.39 is 0 Å². The lowest BCUT2D eigenvalue weighted by atomic mass is 10.0. The third-order valence-corrected chi connectivity index (χ3v) is 3.72. The number of ketones is 1. The fourth-order valence-corrected chi connectivity index (χ4v) is 2.55. The molecule has 0 bridgehead atoms. The van der Waals surface area contributed by atoms with E-state index in [9.17, 15) is 9.59 Å². The van der Waals surface area contributed by atoms with Crippen LogP contribution in [0.3, 0.4) is 0 Å². The molecule has 0 unspecified atom stereocenters. The van der Waals surface area contributed by atoms with Crippen LogP contribution in [0.5, 0.6) is 0 Å². The zero-order valence-electron chi connectivity index (χ0n) is 11.7. The van der Waals surface area contributed by atoms with E-state index in [1.807, 2.05) is 0 Å². The smallest absolute Gasteiger partial charge is 0.229 e. The van der Waals surface area contributed by atoms with E-state index in [-0.39, 0.29) is 18.1 Å². The number of fused-ring (bicyclic) bond motifs is 1. The number of carbonyl (C=O) groups excluding carboxylic acids is 2. The second-order valence-electron chi connectivity index (χ2n) is 5.40. The number of carbonyl (C=O) groups is 2. The van der Waals surface area contributed by atoms with E-state index in [2.05, 4.69) is 18.2 Å². The predicted molar refractivity (Wildman–Crippen MR) is 75.1 cm³/mol. The molecule has 0 saturated carbocycles. The average Bonchev–Trinajstić information content (AvgIpc) is 2.82. The van der Waals surface area contributed by atoms with Gasteiger partial charge in [-0.3, -0.25) is 9.59 Å². The normalized spacial score (nSPS) is 13.2. The van der Waals surface area contributed by atoms with Gasteiger partial charge in [-0.2, -0.15) is 0 Å². The van der Waals surface area contributed by atoms with Gasteiger partial charge in [0, 0.05) is 13.6 Å². The Kier molecular flexibility index (Phi) is 4.35. The van der Waals surface area contributed by atoms with Crippen molar-refractivity contribution in [3.63, 3.8) is 0 Å². The molecule has 0 heterocycles. The summed E-state index contributed by atoms with van der Waals surface area (Å²) in [4.78, 5) is 24.2.